The number of halogens is 1. The standard InChI is InChI=1S/C14H18FN3O/c1-17(2)8-10-6-11(19)9-18(10)14-5-3-4-13(15)12(14)7-16/h3-5,10-11,19H,6,8-9H2,1-2H3. The van der Waals surface area contributed by atoms with Crippen LogP contribution in [0.15, 0.2) is 18.2 Å². The van der Waals surface area contributed by atoms with E-state index < -0.39 is 11.9 Å². The van der Waals surface area contributed by atoms with E-state index in [1.807, 2.05) is 30.0 Å². The van der Waals surface area contributed by atoms with Gasteiger partial charge in [0.2, 0.25) is 0 Å². The van der Waals surface area contributed by atoms with Gasteiger partial charge in [-0.05, 0) is 32.6 Å². The topological polar surface area (TPSA) is 50.5 Å². The van der Waals surface area contributed by atoms with E-state index in [1.54, 1.807) is 12.1 Å². The van der Waals surface area contributed by atoms with Gasteiger partial charge in [-0.25, -0.2) is 4.39 Å². The number of anilines is 1. The molecule has 0 radical (unpaired) electrons. The van der Waals surface area contributed by atoms with E-state index in [0.717, 1.165) is 6.54 Å². The van der Waals surface area contributed by atoms with Crippen molar-refractivity contribution < 1.29 is 9.50 Å². The van der Waals surface area contributed by atoms with Crippen LogP contribution in [0.1, 0.15) is 12.0 Å². The van der Waals surface area contributed by atoms with E-state index in [1.165, 1.54) is 6.07 Å². The van der Waals surface area contributed by atoms with Gasteiger partial charge in [0, 0.05) is 19.1 Å². The fourth-order valence-corrected chi connectivity index (χ4v) is 2.64. The first-order valence-corrected chi connectivity index (χ1v) is 6.31. The Morgan fingerprint density at radius 3 is 2.89 bits per heavy atom. The van der Waals surface area contributed by atoms with E-state index in [9.17, 15) is 9.50 Å². The minimum absolute atomic E-state index is 0.0559. The number of aliphatic hydroxyl groups is 1. The van der Waals surface area contributed by atoms with E-state index >= 15 is 0 Å². The second-order valence-electron chi connectivity index (χ2n) is 5.20. The summed E-state index contributed by atoms with van der Waals surface area (Å²) in [5.74, 6) is -0.509. The summed E-state index contributed by atoms with van der Waals surface area (Å²) in [6.07, 6.45) is 0.208. The number of likely N-dealkylation sites (N-methyl/N-ethyl adjacent to an activating group) is 1. The van der Waals surface area contributed by atoms with Crippen molar-refractivity contribution in [1.82, 2.24) is 4.90 Å². The quantitative estimate of drug-likeness (QED) is 0.890. The third-order valence-corrected chi connectivity index (χ3v) is 3.38. The summed E-state index contributed by atoms with van der Waals surface area (Å²) in [6, 6.07) is 6.64. The van der Waals surface area contributed by atoms with Gasteiger partial charge in [0.1, 0.15) is 17.4 Å². The number of nitrogens with zero attached hydrogens (tertiary/aromatic N) is 3. The van der Waals surface area contributed by atoms with E-state index in [4.69, 9.17) is 5.26 Å². The second-order valence-corrected chi connectivity index (χ2v) is 5.20. The van der Waals surface area contributed by atoms with Gasteiger partial charge < -0.3 is 14.9 Å². The molecule has 0 aliphatic carbocycles. The molecule has 1 aliphatic rings. The Balaban J connectivity index is 2.34. The summed E-state index contributed by atoms with van der Waals surface area (Å²) >= 11 is 0. The van der Waals surface area contributed by atoms with Crippen molar-refractivity contribution in [2.75, 3.05) is 32.1 Å². The normalized spacial score (nSPS) is 22.8. The average Bonchev–Trinajstić information content (AvgIpc) is 2.68. The lowest BCUT2D eigenvalue weighted by atomic mass is 10.1. The number of hydrogen-bond donors (Lipinski definition) is 1. The predicted octanol–water partition coefficient (Wildman–Crippen LogP) is 1.20. The Kier molecular flexibility index (Phi) is 4.03. The lowest BCUT2D eigenvalue weighted by Crippen LogP contribution is -2.38. The zero-order chi connectivity index (χ0) is 14.0. The third-order valence-electron chi connectivity index (χ3n) is 3.38. The summed E-state index contributed by atoms with van der Waals surface area (Å²) in [6.45, 7) is 1.20. The zero-order valence-corrected chi connectivity index (χ0v) is 11.2. The molecule has 19 heavy (non-hydrogen) atoms. The van der Waals surface area contributed by atoms with E-state index in [-0.39, 0.29) is 11.6 Å². The highest BCUT2D eigenvalue weighted by atomic mass is 19.1. The van der Waals surface area contributed by atoms with Gasteiger partial charge in [-0.2, -0.15) is 5.26 Å². The largest absolute Gasteiger partial charge is 0.391 e. The van der Waals surface area contributed by atoms with Crippen LogP contribution in [0.2, 0.25) is 0 Å². The molecular formula is C14H18FN3O. The molecule has 2 rings (SSSR count). The Morgan fingerprint density at radius 1 is 1.53 bits per heavy atom. The fraction of sp³-hybridized carbons (Fsp3) is 0.500. The molecule has 1 aromatic carbocycles. The van der Waals surface area contributed by atoms with Crippen molar-refractivity contribution in [1.29, 1.82) is 5.26 Å². The summed E-state index contributed by atoms with van der Waals surface area (Å²) < 4.78 is 13.7. The number of nitriles is 1. The molecule has 2 atom stereocenters. The average molecular weight is 263 g/mol. The van der Waals surface area contributed by atoms with Crippen molar-refractivity contribution in [2.24, 2.45) is 0 Å². The van der Waals surface area contributed by atoms with E-state index in [0.29, 0.717) is 18.7 Å². The van der Waals surface area contributed by atoms with Crippen molar-refractivity contribution >= 4 is 5.69 Å². The van der Waals surface area contributed by atoms with Crippen LogP contribution in [0.25, 0.3) is 0 Å². The van der Waals surface area contributed by atoms with Crippen LogP contribution in [0, 0.1) is 17.1 Å². The van der Waals surface area contributed by atoms with Crippen molar-refractivity contribution in [2.45, 2.75) is 18.6 Å². The van der Waals surface area contributed by atoms with Crippen LogP contribution in [0.5, 0.6) is 0 Å². The minimum Gasteiger partial charge on any atom is -0.391 e. The maximum absolute atomic E-state index is 13.7. The SMILES string of the molecule is CN(C)CC1CC(O)CN1c1cccc(F)c1C#N. The van der Waals surface area contributed by atoms with Gasteiger partial charge in [0.15, 0.2) is 0 Å². The Morgan fingerprint density at radius 2 is 2.26 bits per heavy atom. The van der Waals surface area contributed by atoms with Gasteiger partial charge in [-0.3, -0.25) is 0 Å². The first-order valence-electron chi connectivity index (χ1n) is 6.31. The third kappa shape index (κ3) is 2.86. The minimum atomic E-state index is -0.509. The highest BCUT2D eigenvalue weighted by Gasteiger charge is 2.33. The number of rotatable bonds is 3. The molecule has 2 unspecified atom stereocenters. The Bertz CT molecular complexity index is 498. The Labute approximate surface area is 112 Å². The number of aliphatic hydroxyl groups excluding tert-OH is 1. The maximum atomic E-state index is 13.7. The lowest BCUT2D eigenvalue weighted by Gasteiger charge is -2.29. The number of β-amino-alcohol motifs (C(OH)–C–C–N with tert-alkyl or cyclic N) is 1. The second kappa shape index (κ2) is 5.55. The molecule has 1 fully saturated rings. The summed E-state index contributed by atoms with van der Waals surface area (Å²) in [7, 11) is 3.92. The fourth-order valence-electron chi connectivity index (χ4n) is 2.64. The molecule has 0 saturated carbocycles. The van der Waals surface area contributed by atoms with Crippen LogP contribution < -0.4 is 4.90 Å². The van der Waals surface area contributed by atoms with Crippen LogP contribution >= 0.6 is 0 Å². The first-order chi connectivity index (χ1) is 9.02. The van der Waals surface area contributed by atoms with Crippen LogP contribution in [-0.2, 0) is 0 Å². The molecule has 0 aromatic heterocycles. The Hall–Kier alpha value is -1.64. The van der Waals surface area contributed by atoms with Crippen molar-refractivity contribution in [3.05, 3.63) is 29.6 Å². The number of hydrogen-bond acceptors (Lipinski definition) is 4. The van der Waals surface area contributed by atoms with Gasteiger partial charge >= 0.3 is 0 Å². The highest BCUT2D eigenvalue weighted by Crippen LogP contribution is 2.30. The monoisotopic (exact) mass is 263 g/mol. The molecule has 4 nitrogen and oxygen atoms in total. The highest BCUT2D eigenvalue weighted by molar-refractivity contribution is 5.61. The molecule has 1 N–H and O–H groups in total. The maximum Gasteiger partial charge on any atom is 0.143 e. The molecule has 1 heterocycles. The zero-order valence-electron chi connectivity index (χ0n) is 11.2. The molecular weight excluding hydrogens is 245 g/mol. The van der Waals surface area contributed by atoms with Crippen LogP contribution in [-0.4, -0.2) is 49.3 Å². The summed E-state index contributed by atoms with van der Waals surface area (Å²) in [4.78, 5) is 3.97. The van der Waals surface area contributed by atoms with Gasteiger partial charge in [0.25, 0.3) is 0 Å². The molecule has 0 spiro atoms. The smallest absolute Gasteiger partial charge is 0.143 e. The molecule has 5 heteroatoms. The predicted molar refractivity (Wildman–Crippen MR) is 71.4 cm³/mol. The van der Waals surface area contributed by atoms with Crippen molar-refractivity contribution in [3.63, 3.8) is 0 Å². The lowest BCUT2D eigenvalue weighted by molar-refractivity contribution is 0.191. The van der Waals surface area contributed by atoms with Crippen LogP contribution in [0.3, 0.4) is 0 Å². The molecule has 0 bridgehead atoms. The molecule has 1 aromatic rings. The van der Waals surface area contributed by atoms with Gasteiger partial charge in [-0.15, -0.1) is 0 Å². The molecule has 0 amide bonds. The van der Waals surface area contributed by atoms with Crippen LogP contribution in [0.4, 0.5) is 10.1 Å². The summed E-state index contributed by atoms with van der Waals surface area (Å²) in [5, 5.41) is 18.9. The molecule has 1 aliphatic heterocycles. The summed E-state index contributed by atoms with van der Waals surface area (Å²) in [5.41, 5.74) is 0.631. The molecule has 1 saturated heterocycles. The number of benzene rings is 1. The molecule has 102 valence electrons. The van der Waals surface area contributed by atoms with Gasteiger partial charge in [-0.1, -0.05) is 6.07 Å². The van der Waals surface area contributed by atoms with E-state index in [2.05, 4.69) is 0 Å². The van der Waals surface area contributed by atoms with Crippen molar-refractivity contribution in [3.8, 4) is 6.07 Å². The first kappa shape index (κ1) is 13.8. The van der Waals surface area contributed by atoms with Gasteiger partial charge in [0.05, 0.1) is 11.8 Å².